The number of nitrogens with one attached hydrogen (secondary N) is 1. The molecule has 1 N–H and O–H groups in total. The lowest BCUT2D eigenvalue weighted by atomic mass is 10.1. The van der Waals surface area contributed by atoms with Crippen LogP contribution in [0.15, 0.2) is 48.7 Å². The Hall–Kier alpha value is -2.16. The van der Waals surface area contributed by atoms with Crippen LogP contribution in [0.5, 0.6) is 0 Å². The third-order valence-electron chi connectivity index (χ3n) is 3.04. The molecule has 2 rings (SSSR count). The average molecular weight is 254 g/mol. The summed E-state index contributed by atoms with van der Waals surface area (Å²) in [6.45, 7) is 3.94. The lowest BCUT2D eigenvalue weighted by molar-refractivity contribution is 0.0988. The van der Waals surface area contributed by atoms with E-state index in [1.807, 2.05) is 49.4 Å². The first-order valence-corrected chi connectivity index (χ1v) is 6.51. The molecule has 1 heterocycles. The summed E-state index contributed by atoms with van der Waals surface area (Å²) in [4.78, 5) is 15.9. The minimum Gasteiger partial charge on any atom is -0.377 e. The number of rotatable bonds is 5. The Kier molecular flexibility index (Phi) is 4.29. The van der Waals surface area contributed by atoms with E-state index in [2.05, 4.69) is 17.2 Å². The zero-order chi connectivity index (χ0) is 13.7. The Balaban J connectivity index is 2.06. The fourth-order valence-electron chi connectivity index (χ4n) is 1.91. The molecule has 0 amide bonds. The molecule has 0 saturated heterocycles. The number of benzene rings is 1. The van der Waals surface area contributed by atoms with Gasteiger partial charge in [-0.1, -0.05) is 13.0 Å². The van der Waals surface area contributed by atoms with Crippen molar-refractivity contribution in [2.24, 2.45) is 0 Å². The van der Waals surface area contributed by atoms with Crippen LogP contribution >= 0.6 is 0 Å². The number of nitrogens with zero attached hydrogens (tertiary/aromatic N) is 1. The standard InChI is InChI=1S/C16H18N2O/c1-3-16(19)13-7-9-14(10-8-13)18-12(2)15-6-4-5-11-17-15/h4-12,18H,3H2,1-2H3. The van der Waals surface area contributed by atoms with Crippen molar-refractivity contribution in [2.45, 2.75) is 26.3 Å². The van der Waals surface area contributed by atoms with E-state index >= 15 is 0 Å². The Morgan fingerprint density at radius 1 is 1.21 bits per heavy atom. The first kappa shape index (κ1) is 13.3. The van der Waals surface area contributed by atoms with Crippen LogP contribution in [-0.2, 0) is 0 Å². The van der Waals surface area contributed by atoms with Gasteiger partial charge < -0.3 is 5.32 Å². The predicted octanol–water partition coefficient (Wildman–Crippen LogP) is 3.85. The molecule has 0 saturated carbocycles. The first-order valence-electron chi connectivity index (χ1n) is 6.51. The van der Waals surface area contributed by atoms with Crippen molar-refractivity contribution in [1.82, 2.24) is 4.98 Å². The van der Waals surface area contributed by atoms with Crippen LogP contribution in [0.4, 0.5) is 5.69 Å². The zero-order valence-electron chi connectivity index (χ0n) is 11.3. The van der Waals surface area contributed by atoms with Gasteiger partial charge in [0.05, 0.1) is 11.7 Å². The summed E-state index contributed by atoms with van der Waals surface area (Å²) >= 11 is 0. The van der Waals surface area contributed by atoms with E-state index in [0.717, 1.165) is 16.9 Å². The molecule has 1 unspecified atom stereocenters. The molecular formula is C16H18N2O. The summed E-state index contributed by atoms with van der Waals surface area (Å²) < 4.78 is 0. The van der Waals surface area contributed by atoms with Gasteiger partial charge in [0, 0.05) is 23.9 Å². The van der Waals surface area contributed by atoms with Crippen molar-refractivity contribution >= 4 is 11.5 Å². The van der Waals surface area contributed by atoms with Crippen molar-refractivity contribution in [2.75, 3.05) is 5.32 Å². The lowest BCUT2D eigenvalue weighted by Gasteiger charge is -2.14. The van der Waals surface area contributed by atoms with Gasteiger partial charge in [0.25, 0.3) is 0 Å². The summed E-state index contributed by atoms with van der Waals surface area (Å²) in [6.07, 6.45) is 2.33. The summed E-state index contributed by atoms with van der Waals surface area (Å²) in [7, 11) is 0. The lowest BCUT2D eigenvalue weighted by Crippen LogP contribution is -2.08. The van der Waals surface area contributed by atoms with Gasteiger partial charge in [-0.25, -0.2) is 0 Å². The maximum absolute atomic E-state index is 11.5. The maximum Gasteiger partial charge on any atom is 0.162 e. The van der Waals surface area contributed by atoms with Crippen molar-refractivity contribution in [1.29, 1.82) is 0 Å². The fraction of sp³-hybridized carbons (Fsp3) is 0.250. The summed E-state index contributed by atoms with van der Waals surface area (Å²) in [5, 5.41) is 3.37. The SMILES string of the molecule is CCC(=O)c1ccc(NC(C)c2ccccn2)cc1. The second-order valence-corrected chi connectivity index (χ2v) is 4.47. The molecule has 1 atom stereocenters. The van der Waals surface area contributed by atoms with E-state index in [1.54, 1.807) is 6.20 Å². The normalized spacial score (nSPS) is 11.9. The minimum absolute atomic E-state index is 0.133. The number of carbonyl (C=O) groups excluding carboxylic acids is 1. The van der Waals surface area contributed by atoms with Crippen LogP contribution in [0.1, 0.15) is 42.4 Å². The van der Waals surface area contributed by atoms with Gasteiger partial charge in [0.2, 0.25) is 0 Å². The summed E-state index contributed by atoms with van der Waals surface area (Å²) in [5.41, 5.74) is 2.75. The van der Waals surface area contributed by atoms with E-state index in [0.29, 0.717) is 6.42 Å². The van der Waals surface area contributed by atoms with Crippen molar-refractivity contribution in [3.8, 4) is 0 Å². The van der Waals surface area contributed by atoms with Gasteiger partial charge in [-0.15, -0.1) is 0 Å². The van der Waals surface area contributed by atoms with E-state index in [-0.39, 0.29) is 11.8 Å². The number of anilines is 1. The Bertz CT molecular complexity index is 534. The van der Waals surface area contributed by atoms with Gasteiger partial charge in [-0.3, -0.25) is 9.78 Å². The van der Waals surface area contributed by atoms with Gasteiger partial charge in [0.15, 0.2) is 5.78 Å². The summed E-state index contributed by atoms with van der Waals surface area (Å²) in [5.74, 6) is 0.171. The number of ketones is 1. The van der Waals surface area contributed by atoms with Gasteiger partial charge in [-0.2, -0.15) is 0 Å². The highest BCUT2D eigenvalue weighted by Crippen LogP contribution is 2.18. The Labute approximate surface area is 113 Å². The molecule has 98 valence electrons. The fourth-order valence-corrected chi connectivity index (χ4v) is 1.91. The van der Waals surface area contributed by atoms with Gasteiger partial charge >= 0.3 is 0 Å². The number of Topliss-reactive ketones (excluding diaryl/α,β-unsaturated/α-hetero) is 1. The van der Waals surface area contributed by atoms with Crippen molar-refractivity contribution in [3.05, 3.63) is 59.9 Å². The molecule has 3 nitrogen and oxygen atoms in total. The molecule has 0 spiro atoms. The Morgan fingerprint density at radius 2 is 1.95 bits per heavy atom. The number of aromatic nitrogens is 1. The van der Waals surface area contributed by atoms with E-state index < -0.39 is 0 Å². The Morgan fingerprint density at radius 3 is 2.53 bits per heavy atom. The molecule has 3 heteroatoms. The highest BCUT2D eigenvalue weighted by Gasteiger charge is 2.07. The van der Waals surface area contributed by atoms with Crippen LogP contribution in [-0.4, -0.2) is 10.8 Å². The topological polar surface area (TPSA) is 42.0 Å². The third kappa shape index (κ3) is 3.41. The average Bonchev–Trinajstić information content (AvgIpc) is 2.48. The van der Waals surface area contributed by atoms with E-state index in [1.165, 1.54) is 0 Å². The molecule has 2 aromatic rings. The van der Waals surface area contributed by atoms with Crippen LogP contribution < -0.4 is 5.32 Å². The molecule has 0 bridgehead atoms. The maximum atomic E-state index is 11.5. The first-order chi connectivity index (χ1) is 9.20. The molecule has 0 aliphatic carbocycles. The zero-order valence-corrected chi connectivity index (χ0v) is 11.3. The smallest absolute Gasteiger partial charge is 0.162 e. The second-order valence-electron chi connectivity index (χ2n) is 4.47. The van der Waals surface area contributed by atoms with Gasteiger partial charge in [-0.05, 0) is 43.3 Å². The molecule has 1 aromatic carbocycles. The number of carbonyl (C=O) groups is 1. The highest BCUT2D eigenvalue weighted by atomic mass is 16.1. The third-order valence-corrected chi connectivity index (χ3v) is 3.04. The quantitative estimate of drug-likeness (QED) is 0.824. The van der Waals surface area contributed by atoms with Crippen LogP contribution in [0.2, 0.25) is 0 Å². The van der Waals surface area contributed by atoms with E-state index in [4.69, 9.17) is 0 Å². The van der Waals surface area contributed by atoms with Crippen LogP contribution in [0.3, 0.4) is 0 Å². The minimum atomic E-state index is 0.133. The molecular weight excluding hydrogens is 236 g/mol. The number of pyridine rings is 1. The van der Waals surface area contributed by atoms with Gasteiger partial charge in [0.1, 0.15) is 0 Å². The largest absolute Gasteiger partial charge is 0.377 e. The highest BCUT2D eigenvalue weighted by molar-refractivity contribution is 5.96. The van der Waals surface area contributed by atoms with E-state index in [9.17, 15) is 4.79 Å². The second kappa shape index (κ2) is 6.14. The number of hydrogen-bond donors (Lipinski definition) is 1. The molecule has 0 aliphatic rings. The predicted molar refractivity (Wildman–Crippen MR) is 77.3 cm³/mol. The summed E-state index contributed by atoms with van der Waals surface area (Å²) in [6, 6.07) is 13.6. The van der Waals surface area contributed by atoms with Crippen LogP contribution in [0, 0.1) is 0 Å². The molecule has 1 aromatic heterocycles. The van der Waals surface area contributed by atoms with Crippen molar-refractivity contribution < 1.29 is 4.79 Å². The number of hydrogen-bond acceptors (Lipinski definition) is 3. The molecule has 0 aliphatic heterocycles. The molecule has 19 heavy (non-hydrogen) atoms. The monoisotopic (exact) mass is 254 g/mol. The van der Waals surface area contributed by atoms with Crippen molar-refractivity contribution in [3.63, 3.8) is 0 Å². The van der Waals surface area contributed by atoms with Crippen LogP contribution in [0.25, 0.3) is 0 Å². The molecule has 0 radical (unpaired) electrons. The molecule has 0 fully saturated rings.